The van der Waals surface area contributed by atoms with Crippen LogP contribution in [0.4, 0.5) is 0 Å². The van der Waals surface area contributed by atoms with Crippen molar-refractivity contribution in [3.05, 3.63) is 35.0 Å². The summed E-state index contributed by atoms with van der Waals surface area (Å²) in [5.41, 5.74) is 1.12. The minimum Gasteiger partial charge on any atom is -0.480 e. The second-order valence-corrected chi connectivity index (χ2v) is 5.44. The van der Waals surface area contributed by atoms with Gasteiger partial charge in [0.15, 0.2) is 0 Å². The number of amides is 1. The molecule has 0 fully saturated rings. The van der Waals surface area contributed by atoms with Crippen LogP contribution < -0.4 is 0 Å². The van der Waals surface area contributed by atoms with Crippen molar-refractivity contribution in [2.45, 2.75) is 26.3 Å². The molecule has 21 heavy (non-hydrogen) atoms. The van der Waals surface area contributed by atoms with Crippen molar-refractivity contribution in [1.29, 1.82) is 0 Å². The molecule has 0 aliphatic rings. The third-order valence-corrected chi connectivity index (χ3v) is 3.74. The number of carbonyl (C=O) groups excluding carboxylic acids is 1. The third-order valence-electron chi connectivity index (χ3n) is 3.50. The van der Waals surface area contributed by atoms with E-state index in [1.807, 2.05) is 19.9 Å². The number of carboxylic acid groups (broad SMARTS) is 1. The molecule has 0 spiro atoms. The van der Waals surface area contributed by atoms with Crippen molar-refractivity contribution in [3.8, 4) is 0 Å². The molecule has 2 aromatic rings. The fourth-order valence-electron chi connectivity index (χ4n) is 2.16. The lowest BCUT2D eigenvalue weighted by Gasteiger charge is -2.26. The van der Waals surface area contributed by atoms with Crippen molar-refractivity contribution in [3.63, 3.8) is 0 Å². The molecule has 0 saturated heterocycles. The Hall–Kier alpha value is -2.01. The third kappa shape index (κ3) is 3.36. The van der Waals surface area contributed by atoms with Gasteiger partial charge in [0.25, 0.3) is 5.91 Å². The van der Waals surface area contributed by atoms with Gasteiger partial charge in [0.1, 0.15) is 12.2 Å². The van der Waals surface area contributed by atoms with E-state index in [0.717, 1.165) is 10.9 Å². The Morgan fingerprint density at radius 2 is 2.10 bits per heavy atom. The molecule has 0 saturated carbocycles. The minimum atomic E-state index is -1.03. The highest BCUT2D eigenvalue weighted by atomic mass is 35.5. The van der Waals surface area contributed by atoms with Crippen LogP contribution in [0, 0.1) is 0 Å². The van der Waals surface area contributed by atoms with Gasteiger partial charge in [-0.15, -0.1) is 0 Å². The summed E-state index contributed by atoms with van der Waals surface area (Å²) < 4.78 is 0. The van der Waals surface area contributed by atoms with Gasteiger partial charge in [-0.1, -0.05) is 24.6 Å². The summed E-state index contributed by atoms with van der Waals surface area (Å²) in [4.78, 5) is 27.9. The number of carboxylic acids is 1. The molecule has 0 radical (unpaired) electrons. The molecule has 2 N–H and O–H groups in total. The average Bonchev–Trinajstić information content (AvgIpc) is 2.85. The molecule has 0 aliphatic heterocycles. The molecule has 0 aliphatic carbocycles. The average molecular weight is 309 g/mol. The maximum Gasteiger partial charge on any atom is 0.323 e. The van der Waals surface area contributed by atoms with Gasteiger partial charge in [0.2, 0.25) is 0 Å². The zero-order chi connectivity index (χ0) is 15.6. The number of nitrogens with zero attached hydrogens (tertiary/aromatic N) is 1. The Balaban J connectivity index is 2.35. The molecule has 6 heteroatoms. The second-order valence-electron chi connectivity index (χ2n) is 5.00. The van der Waals surface area contributed by atoms with Gasteiger partial charge in [-0.25, -0.2) is 0 Å². The van der Waals surface area contributed by atoms with Crippen molar-refractivity contribution in [2.75, 3.05) is 6.54 Å². The van der Waals surface area contributed by atoms with Crippen LogP contribution in [0.1, 0.15) is 30.8 Å². The van der Waals surface area contributed by atoms with Crippen molar-refractivity contribution in [1.82, 2.24) is 9.88 Å². The van der Waals surface area contributed by atoms with Crippen LogP contribution in [-0.4, -0.2) is 39.5 Å². The van der Waals surface area contributed by atoms with Gasteiger partial charge in [-0.2, -0.15) is 0 Å². The quantitative estimate of drug-likeness (QED) is 0.891. The lowest BCUT2D eigenvalue weighted by atomic mass is 10.2. The van der Waals surface area contributed by atoms with Crippen molar-refractivity contribution >= 4 is 34.4 Å². The fraction of sp³-hybridized carbons (Fsp3) is 0.333. The van der Waals surface area contributed by atoms with Crippen molar-refractivity contribution < 1.29 is 14.7 Å². The second kappa shape index (κ2) is 6.18. The molecule has 112 valence electrons. The summed E-state index contributed by atoms with van der Waals surface area (Å²) in [6.07, 6.45) is 0.686. The highest BCUT2D eigenvalue weighted by Gasteiger charge is 2.24. The number of aliphatic carboxylic acids is 1. The van der Waals surface area contributed by atoms with Crippen LogP contribution in [0.25, 0.3) is 10.9 Å². The fourth-order valence-corrected chi connectivity index (χ4v) is 2.34. The SMILES string of the molecule is CCC(C)N(CC(=O)O)C(=O)c1cc2ccc(Cl)cc2[nH]1. The summed E-state index contributed by atoms with van der Waals surface area (Å²) in [5.74, 6) is -1.35. The number of halogens is 1. The predicted octanol–water partition coefficient (Wildman–Crippen LogP) is 3.15. The summed E-state index contributed by atoms with van der Waals surface area (Å²) in [6.45, 7) is 3.43. The first-order valence-corrected chi connectivity index (χ1v) is 7.11. The lowest BCUT2D eigenvalue weighted by Crippen LogP contribution is -2.42. The lowest BCUT2D eigenvalue weighted by molar-refractivity contribution is -0.138. The van der Waals surface area contributed by atoms with E-state index in [2.05, 4.69) is 4.98 Å². The van der Waals surface area contributed by atoms with Gasteiger partial charge >= 0.3 is 5.97 Å². The summed E-state index contributed by atoms with van der Waals surface area (Å²) in [7, 11) is 0. The Kier molecular flexibility index (Phi) is 4.53. The van der Waals surface area contributed by atoms with Gasteiger partial charge < -0.3 is 15.0 Å². The molecule has 0 bridgehead atoms. The van der Waals surface area contributed by atoms with E-state index < -0.39 is 5.97 Å². The Morgan fingerprint density at radius 1 is 1.38 bits per heavy atom. The molecule has 2 rings (SSSR count). The number of rotatable bonds is 5. The monoisotopic (exact) mass is 308 g/mol. The van der Waals surface area contributed by atoms with Gasteiger partial charge in [-0.05, 0) is 31.5 Å². The van der Waals surface area contributed by atoms with E-state index in [1.54, 1.807) is 18.2 Å². The molecule has 1 aromatic carbocycles. The largest absolute Gasteiger partial charge is 0.480 e. The summed E-state index contributed by atoms with van der Waals surface area (Å²) >= 11 is 5.92. The topological polar surface area (TPSA) is 73.4 Å². The zero-order valence-electron chi connectivity index (χ0n) is 11.9. The molecule has 1 atom stereocenters. The Bertz CT molecular complexity index is 681. The van der Waals surface area contributed by atoms with E-state index in [4.69, 9.17) is 16.7 Å². The van der Waals surface area contributed by atoms with Gasteiger partial charge in [0.05, 0.1) is 0 Å². The Morgan fingerprint density at radius 3 is 2.71 bits per heavy atom. The molecule has 1 aromatic heterocycles. The maximum atomic E-state index is 12.5. The van der Waals surface area contributed by atoms with Crippen molar-refractivity contribution in [2.24, 2.45) is 0 Å². The predicted molar refractivity (Wildman–Crippen MR) is 81.7 cm³/mol. The maximum absolute atomic E-state index is 12.5. The number of carbonyl (C=O) groups is 2. The Labute approximate surface area is 127 Å². The first-order valence-electron chi connectivity index (χ1n) is 6.73. The number of aromatic amines is 1. The number of benzene rings is 1. The van der Waals surface area contributed by atoms with E-state index in [9.17, 15) is 9.59 Å². The van der Waals surface area contributed by atoms with Gasteiger partial charge in [0, 0.05) is 22.0 Å². The number of aromatic nitrogens is 1. The number of hydrogen-bond acceptors (Lipinski definition) is 2. The van der Waals surface area contributed by atoms with Crippen LogP contribution in [-0.2, 0) is 4.79 Å². The van der Waals surface area contributed by atoms with Crippen LogP contribution >= 0.6 is 11.6 Å². The van der Waals surface area contributed by atoms with E-state index in [1.165, 1.54) is 4.90 Å². The number of fused-ring (bicyclic) bond motifs is 1. The van der Waals surface area contributed by atoms with Crippen LogP contribution in [0.5, 0.6) is 0 Å². The molecular weight excluding hydrogens is 292 g/mol. The van der Waals surface area contributed by atoms with E-state index in [-0.39, 0.29) is 18.5 Å². The van der Waals surface area contributed by atoms with Gasteiger partial charge in [-0.3, -0.25) is 9.59 Å². The first-order chi connectivity index (χ1) is 9.92. The van der Waals surface area contributed by atoms with Crippen LogP contribution in [0.3, 0.4) is 0 Å². The highest BCUT2D eigenvalue weighted by Crippen LogP contribution is 2.21. The summed E-state index contributed by atoms with van der Waals surface area (Å²) in [5, 5.41) is 10.4. The molecule has 1 amide bonds. The van der Waals surface area contributed by atoms with E-state index >= 15 is 0 Å². The molecular formula is C15H17ClN2O3. The van der Waals surface area contributed by atoms with E-state index in [0.29, 0.717) is 17.1 Å². The number of H-pyrrole nitrogens is 1. The minimum absolute atomic E-state index is 0.149. The normalized spacial score (nSPS) is 12.3. The number of hydrogen-bond donors (Lipinski definition) is 2. The molecule has 1 unspecified atom stereocenters. The standard InChI is InChI=1S/C15H17ClN2O3/c1-3-9(2)18(8-14(19)20)15(21)13-6-10-4-5-11(16)7-12(10)17-13/h4-7,9,17H,3,8H2,1-2H3,(H,19,20). The smallest absolute Gasteiger partial charge is 0.323 e. The van der Waals surface area contributed by atoms with Crippen LogP contribution in [0.15, 0.2) is 24.3 Å². The zero-order valence-corrected chi connectivity index (χ0v) is 12.6. The summed E-state index contributed by atoms with van der Waals surface area (Å²) in [6, 6.07) is 6.86. The molecule has 1 heterocycles. The molecule has 5 nitrogen and oxygen atoms in total. The first kappa shape index (κ1) is 15.4. The number of nitrogens with one attached hydrogen (secondary N) is 1. The van der Waals surface area contributed by atoms with Crippen LogP contribution in [0.2, 0.25) is 5.02 Å². The highest BCUT2D eigenvalue weighted by molar-refractivity contribution is 6.31.